The van der Waals surface area contributed by atoms with Gasteiger partial charge in [-0.05, 0) is 12.1 Å². The predicted octanol–water partition coefficient (Wildman–Crippen LogP) is 2.91. The fraction of sp³-hybridized carbons (Fsp3) is 0.438. The molecule has 0 unspecified atom stereocenters. The first-order valence-corrected chi connectivity index (χ1v) is 7.94. The summed E-state index contributed by atoms with van der Waals surface area (Å²) in [5, 5.41) is 0. The summed E-state index contributed by atoms with van der Waals surface area (Å²) in [6.45, 7) is 7.00. The van der Waals surface area contributed by atoms with E-state index in [1.54, 1.807) is 18.9 Å². The van der Waals surface area contributed by atoms with Crippen LogP contribution in [0.5, 0.6) is 0 Å². The molecule has 2 aromatic heterocycles. The number of methoxy groups -OCH3 is 1. The standard InChI is InChI=1S/C16H21N3O2S/c1-16(2,3)22-12-5-6-13(17-10-12)15-18-11(7-8-21-4)9-14(20)19-15/h5-6,9-10H,7-8H2,1-4H3,(H,18,19,20). The first kappa shape index (κ1) is 16.7. The number of pyridine rings is 1. The molecule has 0 aliphatic carbocycles. The van der Waals surface area contributed by atoms with Crippen LogP contribution in [0.1, 0.15) is 26.5 Å². The van der Waals surface area contributed by atoms with Crippen LogP contribution in [0.4, 0.5) is 0 Å². The third kappa shape index (κ3) is 4.96. The summed E-state index contributed by atoms with van der Waals surface area (Å²) < 4.78 is 5.16. The first-order valence-electron chi connectivity index (χ1n) is 7.12. The van der Waals surface area contributed by atoms with Gasteiger partial charge in [0.05, 0.1) is 12.3 Å². The SMILES string of the molecule is COCCc1cc(=O)[nH]c(-c2ccc(SC(C)(C)C)cn2)n1. The van der Waals surface area contributed by atoms with Crippen LogP contribution in [0.3, 0.4) is 0 Å². The molecule has 2 heterocycles. The first-order chi connectivity index (χ1) is 10.4. The summed E-state index contributed by atoms with van der Waals surface area (Å²) in [6, 6.07) is 5.37. The topological polar surface area (TPSA) is 67.9 Å². The fourth-order valence-corrected chi connectivity index (χ4v) is 2.85. The molecule has 5 nitrogen and oxygen atoms in total. The summed E-state index contributed by atoms with van der Waals surface area (Å²) in [6.07, 6.45) is 2.42. The largest absolute Gasteiger partial charge is 0.384 e. The quantitative estimate of drug-likeness (QED) is 0.858. The molecular formula is C16H21N3O2S. The Bertz CT molecular complexity index is 675. The van der Waals surface area contributed by atoms with Gasteiger partial charge in [-0.3, -0.25) is 9.78 Å². The Morgan fingerprint density at radius 2 is 2.09 bits per heavy atom. The molecular weight excluding hydrogens is 298 g/mol. The van der Waals surface area contributed by atoms with Gasteiger partial charge in [-0.15, -0.1) is 11.8 Å². The lowest BCUT2D eigenvalue weighted by Gasteiger charge is -2.17. The van der Waals surface area contributed by atoms with Crippen LogP contribution < -0.4 is 5.56 Å². The van der Waals surface area contributed by atoms with E-state index in [1.807, 2.05) is 18.3 Å². The Kier molecular flexibility index (Phi) is 5.37. The number of H-pyrrole nitrogens is 1. The third-order valence-electron chi connectivity index (χ3n) is 2.76. The Morgan fingerprint density at radius 3 is 2.68 bits per heavy atom. The van der Waals surface area contributed by atoms with Crippen molar-refractivity contribution in [3.63, 3.8) is 0 Å². The normalized spacial score (nSPS) is 11.6. The molecule has 0 radical (unpaired) electrons. The average Bonchev–Trinajstić information content (AvgIpc) is 2.43. The van der Waals surface area contributed by atoms with E-state index in [4.69, 9.17) is 4.74 Å². The number of thioether (sulfide) groups is 1. The van der Waals surface area contributed by atoms with Crippen molar-refractivity contribution in [2.45, 2.75) is 36.8 Å². The Labute approximate surface area is 134 Å². The van der Waals surface area contributed by atoms with Gasteiger partial charge in [-0.2, -0.15) is 0 Å². The number of aromatic amines is 1. The highest BCUT2D eigenvalue weighted by atomic mass is 32.2. The molecule has 2 aromatic rings. The van der Waals surface area contributed by atoms with E-state index < -0.39 is 0 Å². The number of hydrogen-bond donors (Lipinski definition) is 1. The van der Waals surface area contributed by atoms with E-state index in [2.05, 4.69) is 35.7 Å². The lowest BCUT2D eigenvalue weighted by molar-refractivity contribution is 0.201. The Balaban J connectivity index is 2.24. The van der Waals surface area contributed by atoms with Gasteiger partial charge in [0.25, 0.3) is 5.56 Å². The van der Waals surface area contributed by atoms with Gasteiger partial charge in [0, 0.05) is 35.4 Å². The second-order valence-electron chi connectivity index (χ2n) is 5.92. The lowest BCUT2D eigenvalue weighted by Crippen LogP contribution is -2.12. The van der Waals surface area contributed by atoms with E-state index in [0.717, 1.165) is 4.90 Å². The zero-order chi connectivity index (χ0) is 16.2. The summed E-state index contributed by atoms with van der Waals surface area (Å²) in [4.78, 5) is 24.4. The molecule has 22 heavy (non-hydrogen) atoms. The predicted molar refractivity (Wildman–Crippen MR) is 89.3 cm³/mol. The molecule has 0 saturated heterocycles. The van der Waals surface area contributed by atoms with Crippen molar-refractivity contribution in [3.8, 4) is 11.5 Å². The zero-order valence-electron chi connectivity index (χ0n) is 13.3. The van der Waals surface area contributed by atoms with Gasteiger partial charge < -0.3 is 9.72 Å². The van der Waals surface area contributed by atoms with Crippen molar-refractivity contribution >= 4 is 11.8 Å². The van der Waals surface area contributed by atoms with Gasteiger partial charge in [0.15, 0.2) is 5.82 Å². The number of aromatic nitrogens is 3. The molecule has 0 aliphatic heterocycles. The number of ether oxygens (including phenoxy) is 1. The molecule has 0 saturated carbocycles. The summed E-state index contributed by atoms with van der Waals surface area (Å²) in [5.74, 6) is 0.492. The van der Waals surface area contributed by atoms with Crippen LogP contribution in [0.15, 0.2) is 34.1 Å². The molecule has 0 bridgehead atoms. The second-order valence-corrected chi connectivity index (χ2v) is 7.82. The summed E-state index contributed by atoms with van der Waals surface area (Å²) in [5.41, 5.74) is 1.19. The van der Waals surface area contributed by atoms with E-state index in [-0.39, 0.29) is 10.3 Å². The Morgan fingerprint density at radius 1 is 1.32 bits per heavy atom. The molecule has 118 valence electrons. The van der Waals surface area contributed by atoms with Gasteiger partial charge in [-0.1, -0.05) is 20.8 Å². The van der Waals surface area contributed by atoms with Crippen molar-refractivity contribution in [2.24, 2.45) is 0 Å². The number of nitrogens with one attached hydrogen (secondary N) is 1. The minimum absolute atomic E-state index is 0.135. The van der Waals surface area contributed by atoms with Crippen LogP contribution >= 0.6 is 11.8 Å². The van der Waals surface area contributed by atoms with Crippen LogP contribution in [0.2, 0.25) is 0 Å². The zero-order valence-corrected chi connectivity index (χ0v) is 14.2. The van der Waals surface area contributed by atoms with Crippen molar-refractivity contribution in [3.05, 3.63) is 40.4 Å². The maximum absolute atomic E-state index is 11.7. The number of nitrogens with zero attached hydrogens (tertiary/aromatic N) is 2. The summed E-state index contributed by atoms with van der Waals surface area (Å²) >= 11 is 1.75. The van der Waals surface area contributed by atoms with Crippen molar-refractivity contribution in [1.82, 2.24) is 15.0 Å². The smallest absolute Gasteiger partial charge is 0.251 e. The summed E-state index contributed by atoms with van der Waals surface area (Å²) in [7, 11) is 1.63. The molecule has 0 fully saturated rings. The Hall–Kier alpha value is -1.66. The fourth-order valence-electron chi connectivity index (χ4n) is 1.90. The second kappa shape index (κ2) is 7.07. The van der Waals surface area contributed by atoms with Crippen LogP contribution in [0, 0.1) is 0 Å². The maximum Gasteiger partial charge on any atom is 0.251 e. The van der Waals surface area contributed by atoms with Gasteiger partial charge in [0.2, 0.25) is 0 Å². The average molecular weight is 319 g/mol. The van der Waals surface area contributed by atoms with Crippen molar-refractivity contribution in [2.75, 3.05) is 13.7 Å². The highest BCUT2D eigenvalue weighted by Gasteiger charge is 2.13. The molecule has 0 spiro atoms. The molecule has 2 rings (SSSR count). The minimum Gasteiger partial charge on any atom is -0.384 e. The lowest BCUT2D eigenvalue weighted by atomic mass is 10.3. The van der Waals surface area contributed by atoms with Crippen LogP contribution in [-0.2, 0) is 11.2 Å². The monoisotopic (exact) mass is 319 g/mol. The van der Waals surface area contributed by atoms with Crippen molar-refractivity contribution < 1.29 is 4.74 Å². The number of hydrogen-bond acceptors (Lipinski definition) is 5. The van der Waals surface area contributed by atoms with E-state index in [9.17, 15) is 4.79 Å². The van der Waals surface area contributed by atoms with Crippen LogP contribution in [-0.4, -0.2) is 33.4 Å². The molecule has 0 aromatic carbocycles. The maximum atomic E-state index is 11.7. The highest BCUT2D eigenvalue weighted by molar-refractivity contribution is 8.00. The van der Waals surface area contributed by atoms with Crippen molar-refractivity contribution in [1.29, 1.82) is 0 Å². The van der Waals surface area contributed by atoms with Crippen LogP contribution in [0.25, 0.3) is 11.5 Å². The van der Waals surface area contributed by atoms with E-state index >= 15 is 0 Å². The molecule has 0 amide bonds. The molecule has 1 N–H and O–H groups in total. The third-order valence-corrected chi connectivity index (χ3v) is 3.85. The number of rotatable bonds is 5. The molecule has 0 atom stereocenters. The van der Waals surface area contributed by atoms with E-state index in [0.29, 0.717) is 30.2 Å². The minimum atomic E-state index is -0.175. The molecule has 0 aliphatic rings. The van der Waals surface area contributed by atoms with E-state index in [1.165, 1.54) is 6.07 Å². The molecule has 6 heteroatoms. The van der Waals surface area contributed by atoms with Gasteiger partial charge in [0.1, 0.15) is 5.69 Å². The highest BCUT2D eigenvalue weighted by Crippen LogP contribution is 2.31. The van der Waals surface area contributed by atoms with Gasteiger partial charge >= 0.3 is 0 Å². The van der Waals surface area contributed by atoms with Gasteiger partial charge in [-0.25, -0.2) is 4.98 Å².